The van der Waals surface area contributed by atoms with Crippen LogP contribution in [-0.2, 0) is 0 Å². The third kappa shape index (κ3) is 2.44. The molecule has 0 aliphatic rings. The molecule has 0 saturated carbocycles. The van der Waals surface area contributed by atoms with E-state index in [4.69, 9.17) is 4.42 Å². The Hall–Kier alpha value is -1.29. The molecule has 0 aliphatic heterocycles. The van der Waals surface area contributed by atoms with Crippen molar-refractivity contribution >= 4 is 21.6 Å². The lowest BCUT2D eigenvalue weighted by Gasteiger charge is -2.13. The standard InChI is InChI=1S/C12H11BrFNO/c1-8(12-11(13)5-6-16-12)15-10-4-2-3-9(14)7-10/h2-8,15H,1H3. The number of furan rings is 1. The minimum Gasteiger partial charge on any atom is -0.466 e. The summed E-state index contributed by atoms with van der Waals surface area (Å²) in [6, 6.07) is 8.16. The SMILES string of the molecule is CC(Nc1cccc(F)c1)c1occc1Br. The van der Waals surface area contributed by atoms with Gasteiger partial charge in [0, 0.05) is 5.69 Å². The molecule has 2 nitrogen and oxygen atoms in total. The first kappa shape index (κ1) is 11.2. The molecule has 0 amide bonds. The minimum absolute atomic E-state index is 0.0221. The first-order valence-corrected chi connectivity index (χ1v) is 5.71. The fraction of sp³-hybridized carbons (Fsp3) is 0.167. The summed E-state index contributed by atoms with van der Waals surface area (Å²) in [5, 5.41) is 3.16. The molecule has 1 aromatic carbocycles. The van der Waals surface area contributed by atoms with E-state index in [9.17, 15) is 4.39 Å². The second kappa shape index (κ2) is 4.70. The first-order chi connectivity index (χ1) is 7.66. The molecule has 0 fully saturated rings. The molecular weight excluding hydrogens is 273 g/mol. The number of halogens is 2. The molecule has 2 rings (SSSR count). The highest BCUT2D eigenvalue weighted by Gasteiger charge is 2.12. The summed E-state index contributed by atoms with van der Waals surface area (Å²) in [5.41, 5.74) is 0.732. The van der Waals surface area contributed by atoms with E-state index in [1.165, 1.54) is 12.1 Å². The van der Waals surface area contributed by atoms with Crippen LogP contribution < -0.4 is 5.32 Å². The van der Waals surface area contributed by atoms with E-state index in [2.05, 4.69) is 21.2 Å². The molecule has 1 aromatic heterocycles. The Morgan fingerprint density at radius 2 is 2.19 bits per heavy atom. The molecule has 0 bridgehead atoms. The van der Waals surface area contributed by atoms with Crippen LogP contribution in [0.3, 0.4) is 0 Å². The van der Waals surface area contributed by atoms with Gasteiger partial charge in [0.05, 0.1) is 16.8 Å². The Labute approximate surface area is 102 Å². The molecule has 4 heteroatoms. The van der Waals surface area contributed by atoms with Crippen LogP contribution >= 0.6 is 15.9 Å². The molecule has 0 spiro atoms. The zero-order valence-electron chi connectivity index (χ0n) is 8.71. The van der Waals surface area contributed by atoms with Crippen LogP contribution in [0.25, 0.3) is 0 Å². The van der Waals surface area contributed by atoms with Crippen LogP contribution in [0.5, 0.6) is 0 Å². The molecule has 0 saturated heterocycles. The predicted octanol–water partition coefficient (Wildman–Crippen LogP) is 4.35. The van der Waals surface area contributed by atoms with Crippen molar-refractivity contribution in [1.29, 1.82) is 0 Å². The zero-order valence-corrected chi connectivity index (χ0v) is 10.3. The molecule has 16 heavy (non-hydrogen) atoms. The molecule has 1 atom stereocenters. The van der Waals surface area contributed by atoms with Crippen molar-refractivity contribution in [3.8, 4) is 0 Å². The Bertz CT molecular complexity index is 483. The third-order valence-electron chi connectivity index (χ3n) is 2.25. The van der Waals surface area contributed by atoms with Crippen LogP contribution in [-0.4, -0.2) is 0 Å². The van der Waals surface area contributed by atoms with Gasteiger partial charge in [-0.15, -0.1) is 0 Å². The highest BCUT2D eigenvalue weighted by molar-refractivity contribution is 9.10. The van der Waals surface area contributed by atoms with Gasteiger partial charge in [-0.1, -0.05) is 6.07 Å². The number of benzene rings is 1. The summed E-state index contributed by atoms with van der Waals surface area (Å²) in [6.45, 7) is 1.95. The van der Waals surface area contributed by atoms with Gasteiger partial charge < -0.3 is 9.73 Å². The number of anilines is 1. The van der Waals surface area contributed by atoms with Gasteiger partial charge in [-0.05, 0) is 47.1 Å². The van der Waals surface area contributed by atoms with Crippen molar-refractivity contribution < 1.29 is 8.81 Å². The van der Waals surface area contributed by atoms with Gasteiger partial charge >= 0.3 is 0 Å². The van der Waals surface area contributed by atoms with E-state index < -0.39 is 0 Å². The number of rotatable bonds is 3. The Morgan fingerprint density at radius 1 is 1.38 bits per heavy atom. The van der Waals surface area contributed by atoms with Gasteiger partial charge in [-0.2, -0.15) is 0 Å². The van der Waals surface area contributed by atoms with Crippen molar-refractivity contribution in [2.24, 2.45) is 0 Å². The maximum Gasteiger partial charge on any atom is 0.139 e. The Kier molecular flexibility index (Phi) is 3.29. The Balaban J connectivity index is 2.14. The lowest BCUT2D eigenvalue weighted by molar-refractivity contribution is 0.488. The number of nitrogens with one attached hydrogen (secondary N) is 1. The van der Waals surface area contributed by atoms with E-state index in [0.29, 0.717) is 0 Å². The van der Waals surface area contributed by atoms with Gasteiger partial charge in [0.2, 0.25) is 0 Å². The summed E-state index contributed by atoms with van der Waals surface area (Å²) in [4.78, 5) is 0. The number of hydrogen-bond acceptors (Lipinski definition) is 2. The van der Waals surface area contributed by atoms with Crippen molar-refractivity contribution in [1.82, 2.24) is 0 Å². The highest BCUT2D eigenvalue weighted by Crippen LogP contribution is 2.27. The average Bonchev–Trinajstić information content (AvgIpc) is 2.64. The molecule has 1 N–H and O–H groups in total. The largest absolute Gasteiger partial charge is 0.466 e. The zero-order chi connectivity index (χ0) is 11.5. The van der Waals surface area contributed by atoms with Gasteiger partial charge in [0.1, 0.15) is 11.6 Å². The van der Waals surface area contributed by atoms with Crippen LogP contribution in [0.1, 0.15) is 18.7 Å². The summed E-state index contributed by atoms with van der Waals surface area (Å²) in [5.74, 6) is 0.542. The van der Waals surface area contributed by atoms with Crippen LogP contribution in [0.2, 0.25) is 0 Å². The van der Waals surface area contributed by atoms with Gasteiger partial charge in [-0.3, -0.25) is 0 Å². The van der Waals surface area contributed by atoms with E-state index in [1.807, 2.05) is 19.1 Å². The summed E-state index contributed by atoms with van der Waals surface area (Å²) in [7, 11) is 0. The molecule has 84 valence electrons. The highest BCUT2D eigenvalue weighted by atomic mass is 79.9. The van der Waals surface area contributed by atoms with Gasteiger partial charge in [-0.25, -0.2) is 4.39 Å². The van der Waals surface area contributed by atoms with E-state index >= 15 is 0 Å². The van der Waals surface area contributed by atoms with Crippen molar-refractivity contribution in [2.75, 3.05) is 5.32 Å². The molecule has 0 radical (unpaired) electrons. The molecule has 2 aromatic rings. The quantitative estimate of drug-likeness (QED) is 0.906. The van der Waals surface area contributed by atoms with E-state index in [1.54, 1.807) is 12.3 Å². The Morgan fingerprint density at radius 3 is 2.81 bits per heavy atom. The van der Waals surface area contributed by atoms with Crippen LogP contribution in [0, 0.1) is 5.82 Å². The maximum atomic E-state index is 13.0. The van der Waals surface area contributed by atoms with Crippen molar-refractivity contribution in [3.05, 3.63) is 52.6 Å². The fourth-order valence-electron chi connectivity index (χ4n) is 1.51. The lowest BCUT2D eigenvalue weighted by atomic mass is 10.2. The smallest absolute Gasteiger partial charge is 0.139 e. The summed E-state index contributed by atoms with van der Waals surface area (Å²) in [6.07, 6.45) is 1.61. The van der Waals surface area contributed by atoms with Crippen molar-refractivity contribution in [3.63, 3.8) is 0 Å². The lowest BCUT2D eigenvalue weighted by Crippen LogP contribution is -2.06. The second-order valence-electron chi connectivity index (χ2n) is 3.51. The van der Waals surface area contributed by atoms with Gasteiger partial charge in [0.25, 0.3) is 0 Å². The monoisotopic (exact) mass is 283 g/mol. The molecule has 0 aliphatic carbocycles. The second-order valence-corrected chi connectivity index (χ2v) is 4.36. The van der Waals surface area contributed by atoms with Crippen LogP contribution in [0.15, 0.2) is 45.5 Å². The molecule has 1 heterocycles. The number of hydrogen-bond donors (Lipinski definition) is 1. The molecule has 1 unspecified atom stereocenters. The van der Waals surface area contributed by atoms with E-state index in [0.717, 1.165) is 15.9 Å². The van der Waals surface area contributed by atoms with Gasteiger partial charge in [0.15, 0.2) is 0 Å². The van der Waals surface area contributed by atoms with Crippen molar-refractivity contribution in [2.45, 2.75) is 13.0 Å². The normalized spacial score (nSPS) is 12.4. The topological polar surface area (TPSA) is 25.2 Å². The maximum absolute atomic E-state index is 13.0. The summed E-state index contributed by atoms with van der Waals surface area (Å²) >= 11 is 3.39. The average molecular weight is 284 g/mol. The van der Waals surface area contributed by atoms with E-state index in [-0.39, 0.29) is 11.9 Å². The third-order valence-corrected chi connectivity index (χ3v) is 2.90. The summed E-state index contributed by atoms with van der Waals surface area (Å²) < 4.78 is 19.2. The fourth-order valence-corrected chi connectivity index (χ4v) is 2.05. The minimum atomic E-state index is -0.254. The molecular formula is C12H11BrFNO. The van der Waals surface area contributed by atoms with Crippen LogP contribution in [0.4, 0.5) is 10.1 Å². The first-order valence-electron chi connectivity index (χ1n) is 4.92. The predicted molar refractivity (Wildman–Crippen MR) is 64.8 cm³/mol.